The minimum absolute atomic E-state index is 0.0475. The lowest BCUT2D eigenvalue weighted by Gasteiger charge is -2.21. The van der Waals surface area contributed by atoms with Gasteiger partial charge in [0.15, 0.2) is 5.69 Å². The first kappa shape index (κ1) is 20.4. The number of rotatable bonds is 6. The Morgan fingerprint density at radius 3 is 2.25 bits per heavy atom. The highest BCUT2D eigenvalue weighted by atomic mass is 19.4. The number of hydrogen-bond donors (Lipinski definition) is 0. The average molecular weight is 393 g/mol. The molecule has 0 saturated heterocycles. The van der Waals surface area contributed by atoms with E-state index in [0.29, 0.717) is 48.4 Å². The monoisotopic (exact) mass is 393 g/mol. The maximum atomic E-state index is 13.4. The van der Waals surface area contributed by atoms with Gasteiger partial charge in [0.2, 0.25) is 0 Å². The number of alkyl halides is 3. The van der Waals surface area contributed by atoms with Crippen LogP contribution in [0.2, 0.25) is 0 Å². The van der Waals surface area contributed by atoms with E-state index in [9.17, 15) is 18.0 Å². The Bertz CT molecular complexity index is 819. The van der Waals surface area contributed by atoms with Crippen molar-refractivity contribution in [1.82, 2.24) is 14.7 Å². The summed E-state index contributed by atoms with van der Waals surface area (Å²) < 4.78 is 41.6. The Morgan fingerprint density at radius 1 is 1.07 bits per heavy atom. The van der Waals surface area contributed by atoms with Crippen LogP contribution in [0.4, 0.5) is 13.2 Å². The van der Waals surface area contributed by atoms with Crippen LogP contribution in [0.5, 0.6) is 0 Å². The van der Waals surface area contributed by atoms with Crippen molar-refractivity contribution in [2.24, 2.45) is 0 Å². The largest absolute Gasteiger partial charge is 0.435 e. The first-order valence-corrected chi connectivity index (χ1v) is 9.94. The minimum Gasteiger partial charge on any atom is -0.339 e. The SMILES string of the molecule is CCCN(CCC)C(=O)c1ccc(-n2nc(C(F)(F)F)c3c2CCCC3)cc1. The van der Waals surface area contributed by atoms with Crippen LogP contribution in [0.1, 0.15) is 66.8 Å². The highest BCUT2D eigenvalue weighted by Gasteiger charge is 2.39. The van der Waals surface area contributed by atoms with Crippen molar-refractivity contribution in [2.45, 2.75) is 58.5 Å². The highest BCUT2D eigenvalue weighted by molar-refractivity contribution is 5.94. The average Bonchev–Trinajstić information content (AvgIpc) is 3.07. The summed E-state index contributed by atoms with van der Waals surface area (Å²) in [6.07, 6.45) is -0.102. The summed E-state index contributed by atoms with van der Waals surface area (Å²) in [5, 5.41) is 3.90. The number of carbonyl (C=O) groups is 1. The number of halogens is 3. The number of hydrogen-bond acceptors (Lipinski definition) is 2. The van der Waals surface area contributed by atoms with Crippen LogP contribution in [-0.2, 0) is 19.0 Å². The van der Waals surface area contributed by atoms with Gasteiger partial charge in [-0.3, -0.25) is 4.79 Å². The number of aromatic nitrogens is 2. The predicted octanol–water partition coefficient (Wildman–Crippen LogP) is 5.03. The second-order valence-electron chi connectivity index (χ2n) is 7.23. The molecular formula is C21H26F3N3O. The Labute approximate surface area is 163 Å². The Kier molecular flexibility index (Phi) is 6.10. The van der Waals surface area contributed by atoms with Gasteiger partial charge in [0.25, 0.3) is 5.91 Å². The van der Waals surface area contributed by atoms with Gasteiger partial charge in [0.1, 0.15) is 0 Å². The van der Waals surface area contributed by atoms with E-state index in [-0.39, 0.29) is 5.91 Å². The maximum absolute atomic E-state index is 13.4. The van der Waals surface area contributed by atoms with Crippen molar-refractivity contribution in [3.05, 3.63) is 46.8 Å². The van der Waals surface area contributed by atoms with Crippen molar-refractivity contribution >= 4 is 5.91 Å². The molecule has 0 atom stereocenters. The summed E-state index contributed by atoms with van der Waals surface area (Å²) >= 11 is 0. The van der Waals surface area contributed by atoms with E-state index in [0.717, 1.165) is 25.7 Å². The van der Waals surface area contributed by atoms with Crippen LogP contribution in [0, 0.1) is 0 Å². The molecule has 3 rings (SSSR count). The van der Waals surface area contributed by atoms with E-state index in [4.69, 9.17) is 0 Å². The first-order chi connectivity index (χ1) is 13.4. The molecule has 0 bridgehead atoms. The molecule has 0 fully saturated rings. The standard InChI is InChI=1S/C21H26F3N3O/c1-3-13-26(14-4-2)20(28)15-9-11-16(12-10-15)27-18-8-6-5-7-17(18)19(25-27)21(22,23)24/h9-12H,3-8,13-14H2,1-2H3. The lowest BCUT2D eigenvalue weighted by atomic mass is 9.95. The summed E-state index contributed by atoms with van der Waals surface area (Å²) in [6, 6.07) is 6.73. The van der Waals surface area contributed by atoms with Crippen LogP contribution in [-0.4, -0.2) is 33.7 Å². The third kappa shape index (κ3) is 4.08. The molecule has 1 aliphatic rings. The minimum atomic E-state index is -4.45. The van der Waals surface area contributed by atoms with Gasteiger partial charge in [0.05, 0.1) is 5.69 Å². The number of amides is 1. The van der Waals surface area contributed by atoms with E-state index in [1.807, 2.05) is 18.7 Å². The molecule has 0 aliphatic heterocycles. The first-order valence-electron chi connectivity index (χ1n) is 9.94. The molecule has 1 aromatic heterocycles. The van der Waals surface area contributed by atoms with Crippen molar-refractivity contribution in [2.75, 3.05) is 13.1 Å². The van der Waals surface area contributed by atoms with Crippen molar-refractivity contribution in [1.29, 1.82) is 0 Å². The van der Waals surface area contributed by atoms with Gasteiger partial charge in [-0.05, 0) is 62.8 Å². The van der Waals surface area contributed by atoms with Crippen molar-refractivity contribution in [3.8, 4) is 5.69 Å². The van der Waals surface area contributed by atoms with Crippen LogP contribution in [0.15, 0.2) is 24.3 Å². The number of fused-ring (bicyclic) bond motifs is 1. The molecule has 7 heteroatoms. The maximum Gasteiger partial charge on any atom is 0.435 e. The van der Waals surface area contributed by atoms with E-state index in [2.05, 4.69) is 5.10 Å². The van der Waals surface area contributed by atoms with Gasteiger partial charge < -0.3 is 4.90 Å². The molecule has 152 valence electrons. The molecule has 0 unspecified atom stereocenters. The van der Waals surface area contributed by atoms with Crippen LogP contribution >= 0.6 is 0 Å². The molecule has 1 aromatic carbocycles. The summed E-state index contributed by atoms with van der Waals surface area (Å²) in [5.41, 5.74) is 1.28. The Morgan fingerprint density at radius 2 is 1.68 bits per heavy atom. The molecule has 1 aliphatic carbocycles. The van der Waals surface area contributed by atoms with Crippen LogP contribution < -0.4 is 0 Å². The number of carbonyl (C=O) groups excluding carboxylic acids is 1. The lowest BCUT2D eigenvalue weighted by Crippen LogP contribution is -2.32. The highest BCUT2D eigenvalue weighted by Crippen LogP contribution is 2.36. The fraction of sp³-hybridized carbons (Fsp3) is 0.524. The van der Waals surface area contributed by atoms with Gasteiger partial charge in [-0.1, -0.05) is 13.8 Å². The fourth-order valence-electron chi connectivity index (χ4n) is 3.82. The molecular weight excluding hydrogens is 367 g/mol. The topological polar surface area (TPSA) is 38.1 Å². The zero-order chi connectivity index (χ0) is 20.3. The summed E-state index contributed by atoms with van der Waals surface area (Å²) in [5.74, 6) is -0.0475. The number of nitrogens with zero attached hydrogens (tertiary/aromatic N) is 3. The molecule has 0 radical (unpaired) electrons. The smallest absolute Gasteiger partial charge is 0.339 e. The molecule has 4 nitrogen and oxygen atoms in total. The third-order valence-electron chi connectivity index (χ3n) is 5.08. The van der Waals surface area contributed by atoms with Crippen molar-refractivity contribution in [3.63, 3.8) is 0 Å². The van der Waals surface area contributed by atoms with E-state index < -0.39 is 11.9 Å². The van der Waals surface area contributed by atoms with E-state index in [1.54, 1.807) is 24.3 Å². The van der Waals surface area contributed by atoms with Gasteiger partial charge in [-0.2, -0.15) is 18.3 Å². The van der Waals surface area contributed by atoms with Gasteiger partial charge in [-0.15, -0.1) is 0 Å². The van der Waals surface area contributed by atoms with Crippen LogP contribution in [0.25, 0.3) is 5.69 Å². The molecule has 1 heterocycles. The van der Waals surface area contributed by atoms with Gasteiger partial charge >= 0.3 is 6.18 Å². The third-order valence-corrected chi connectivity index (χ3v) is 5.08. The zero-order valence-electron chi connectivity index (χ0n) is 16.4. The van der Waals surface area contributed by atoms with Gasteiger partial charge in [0, 0.05) is 29.9 Å². The predicted molar refractivity (Wildman–Crippen MR) is 102 cm³/mol. The molecule has 0 saturated carbocycles. The normalized spacial score (nSPS) is 14.0. The summed E-state index contributed by atoms with van der Waals surface area (Å²) in [4.78, 5) is 14.5. The zero-order valence-corrected chi connectivity index (χ0v) is 16.4. The number of benzene rings is 1. The Balaban J connectivity index is 1.92. The molecule has 0 N–H and O–H groups in total. The summed E-state index contributed by atoms with van der Waals surface area (Å²) in [7, 11) is 0. The van der Waals surface area contributed by atoms with E-state index >= 15 is 0 Å². The molecule has 2 aromatic rings. The molecule has 28 heavy (non-hydrogen) atoms. The summed E-state index contributed by atoms with van der Waals surface area (Å²) in [6.45, 7) is 5.43. The second-order valence-corrected chi connectivity index (χ2v) is 7.23. The van der Waals surface area contributed by atoms with E-state index in [1.165, 1.54) is 4.68 Å². The van der Waals surface area contributed by atoms with Crippen LogP contribution in [0.3, 0.4) is 0 Å². The molecule has 0 spiro atoms. The molecule has 1 amide bonds. The fourth-order valence-corrected chi connectivity index (χ4v) is 3.82. The van der Waals surface area contributed by atoms with Gasteiger partial charge in [-0.25, -0.2) is 4.68 Å². The quantitative estimate of drug-likeness (QED) is 0.690. The second kappa shape index (κ2) is 8.37. The lowest BCUT2D eigenvalue weighted by molar-refractivity contribution is -0.142. The van der Waals surface area contributed by atoms with Crippen molar-refractivity contribution < 1.29 is 18.0 Å². The Hall–Kier alpha value is -2.31.